The van der Waals surface area contributed by atoms with Crippen LogP contribution in [-0.4, -0.2) is 18.9 Å². The summed E-state index contributed by atoms with van der Waals surface area (Å²) < 4.78 is 0. The molecule has 0 aliphatic rings. The number of carbonyl (C=O) groups is 2. The average molecular weight is 283 g/mol. The Morgan fingerprint density at radius 1 is 1.05 bits per heavy atom. The van der Waals surface area contributed by atoms with Gasteiger partial charge in [-0.1, -0.05) is 12.1 Å². The topological polar surface area (TPSA) is 84.2 Å². The third-order valence-electron chi connectivity index (χ3n) is 3.01. The molecule has 2 rings (SSSR count). The highest BCUT2D eigenvalue weighted by atomic mass is 16.2. The second-order valence-corrected chi connectivity index (χ2v) is 4.71. The van der Waals surface area contributed by atoms with Crippen molar-refractivity contribution in [1.82, 2.24) is 5.32 Å². The summed E-state index contributed by atoms with van der Waals surface area (Å²) in [4.78, 5) is 24.1. The predicted molar refractivity (Wildman–Crippen MR) is 83.4 cm³/mol. The molecule has 0 aliphatic carbocycles. The Kier molecular flexibility index (Phi) is 4.23. The maximum Gasteiger partial charge on any atom is 0.255 e. The number of hydrogen-bond donors (Lipinski definition) is 3. The molecule has 4 N–H and O–H groups in total. The molecular formula is C16H17N3O2. The van der Waals surface area contributed by atoms with Gasteiger partial charge in [0.25, 0.3) is 11.8 Å². The van der Waals surface area contributed by atoms with Gasteiger partial charge in [0.15, 0.2) is 0 Å². The molecule has 0 aromatic heterocycles. The van der Waals surface area contributed by atoms with Gasteiger partial charge in [0.05, 0.1) is 11.3 Å². The molecule has 2 aromatic rings. The van der Waals surface area contributed by atoms with E-state index in [1.807, 2.05) is 6.92 Å². The van der Waals surface area contributed by atoms with Gasteiger partial charge < -0.3 is 16.4 Å². The minimum Gasteiger partial charge on any atom is -0.399 e. The van der Waals surface area contributed by atoms with Crippen LogP contribution in [0.25, 0.3) is 0 Å². The zero-order valence-corrected chi connectivity index (χ0v) is 11.9. The van der Waals surface area contributed by atoms with Gasteiger partial charge in [-0.3, -0.25) is 9.59 Å². The van der Waals surface area contributed by atoms with Crippen LogP contribution in [0.2, 0.25) is 0 Å². The number of anilines is 2. The standard InChI is InChI=1S/C16H17N3O2/c1-10-7-11(9-12(17)8-10)15(20)19-14-6-4-3-5-13(14)16(21)18-2/h3-9H,17H2,1-2H3,(H,18,21)(H,19,20). The van der Waals surface area contributed by atoms with Crippen molar-refractivity contribution >= 4 is 23.2 Å². The van der Waals surface area contributed by atoms with Crippen LogP contribution in [0.5, 0.6) is 0 Å². The van der Waals surface area contributed by atoms with E-state index in [-0.39, 0.29) is 11.8 Å². The number of para-hydroxylation sites is 1. The fourth-order valence-corrected chi connectivity index (χ4v) is 2.06. The predicted octanol–water partition coefficient (Wildman–Crippen LogP) is 2.19. The molecule has 0 radical (unpaired) electrons. The Morgan fingerprint density at radius 3 is 2.43 bits per heavy atom. The molecule has 0 saturated heterocycles. The normalized spacial score (nSPS) is 10.0. The van der Waals surface area contributed by atoms with Crippen molar-refractivity contribution in [2.24, 2.45) is 0 Å². The van der Waals surface area contributed by atoms with Gasteiger partial charge in [-0.05, 0) is 42.8 Å². The monoisotopic (exact) mass is 283 g/mol. The lowest BCUT2D eigenvalue weighted by atomic mass is 10.1. The van der Waals surface area contributed by atoms with Crippen molar-refractivity contribution in [3.63, 3.8) is 0 Å². The van der Waals surface area contributed by atoms with Gasteiger partial charge in [0, 0.05) is 18.3 Å². The number of carbonyl (C=O) groups excluding carboxylic acids is 2. The van der Waals surface area contributed by atoms with Crippen LogP contribution in [0.3, 0.4) is 0 Å². The summed E-state index contributed by atoms with van der Waals surface area (Å²) >= 11 is 0. The molecule has 108 valence electrons. The molecule has 5 nitrogen and oxygen atoms in total. The van der Waals surface area contributed by atoms with Crippen LogP contribution in [-0.2, 0) is 0 Å². The van der Waals surface area contributed by atoms with Gasteiger partial charge in [0.2, 0.25) is 0 Å². The fourth-order valence-electron chi connectivity index (χ4n) is 2.06. The first kappa shape index (κ1) is 14.6. The number of nitrogens with two attached hydrogens (primary N) is 1. The lowest BCUT2D eigenvalue weighted by Gasteiger charge is -2.11. The van der Waals surface area contributed by atoms with Crippen molar-refractivity contribution in [2.45, 2.75) is 6.92 Å². The zero-order chi connectivity index (χ0) is 15.4. The number of benzene rings is 2. The summed E-state index contributed by atoms with van der Waals surface area (Å²) in [5.41, 5.74) is 8.51. The summed E-state index contributed by atoms with van der Waals surface area (Å²) in [6.07, 6.45) is 0. The van der Waals surface area contributed by atoms with Crippen molar-refractivity contribution in [3.05, 3.63) is 59.2 Å². The second kappa shape index (κ2) is 6.09. The van der Waals surface area contributed by atoms with Crippen LogP contribution >= 0.6 is 0 Å². The smallest absolute Gasteiger partial charge is 0.255 e. The number of nitrogen functional groups attached to an aromatic ring is 1. The Bertz CT molecular complexity index is 675. The van der Waals surface area contributed by atoms with E-state index in [4.69, 9.17) is 5.73 Å². The lowest BCUT2D eigenvalue weighted by molar-refractivity contribution is 0.0964. The maximum absolute atomic E-state index is 12.3. The number of hydrogen-bond acceptors (Lipinski definition) is 3. The van der Waals surface area contributed by atoms with E-state index in [9.17, 15) is 9.59 Å². The van der Waals surface area contributed by atoms with E-state index < -0.39 is 0 Å². The molecule has 5 heteroatoms. The fraction of sp³-hybridized carbons (Fsp3) is 0.125. The molecule has 21 heavy (non-hydrogen) atoms. The van der Waals surface area contributed by atoms with Gasteiger partial charge in [-0.2, -0.15) is 0 Å². The highest BCUT2D eigenvalue weighted by molar-refractivity contribution is 6.09. The van der Waals surface area contributed by atoms with Crippen molar-refractivity contribution < 1.29 is 9.59 Å². The first-order valence-electron chi connectivity index (χ1n) is 6.51. The van der Waals surface area contributed by atoms with Crippen LogP contribution < -0.4 is 16.4 Å². The highest BCUT2D eigenvalue weighted by Gasteiger charge is 2.13. The van der Waals surface area contributed by atoms with E-state index in [2.05, 4.69) is 10.6 Å². The molecular weight excluding hydrogens is 266 g/mol. The SMILES string of the molecule is CNC(=O)c1ccccc1NC(=O)c1cc(C)cc(N)c1. The van der Waals surface area contributed by atoms with Gasteiger partial charge in [0.1, 0.15) is 0 Å². The first-order valence-corrected chi connectivity index (χ1v) is 6.51. The third kappa shape index (κ3) is 3.39. The molecule has 0 saturated carbocycles. The molecule has 0 fully saturated rings. The number of amides is 2. The minimum atomic E-state index is -0.304. The van der Waals surface area contributed by atoms with E-state index in [0.717, 1.165) is 5.56 Å². The van der Waals surface area contributed by atoms with Crippen LogP contribution in [0.15, 0.2) is 42.5 Å². The summed E-state index contributed by atoms with van der Waals surface area (Å²) in [5, 5.41) is 5.28. The minimum absolute atomic E-state index is 0.255. The highest BCUT2D eigenvalue weighted by Crippen LogP contribution is 2.18. The zero-order valence-electron chi connectivity index (χ0n) is 11.9. The lowest BCUT2D eigenvalue weighted by Crippen LogP contribution is -2.21. The third-order valence-corrected chi connectivity index (χ3v) is 3.01. The van der Waals surface area contributed by atoms with Crippen LogP contribution in [0, 0.1) is 6.92 Å². The largest absolute Gasteiger partial charge is 0.399 e. The van der Waals surface area contributed by atoms with E-state index in [1.165, 1.54) is 0 Å². The molecule has 0 aliphatic heterocycles. The molecule has 0 spiro atoms. The summed E-state index contributed by atoms with van der Waals surface area (Å²) in [5.74, 6) is -0.559. The van der Waals surface area contributed by atoms with Crippen molar-refractivity contribution in [2.75, 3.05) is 18.1 Å². The molecule has 0 bridgehead atoms. The van der Waals surface area contributed by atoms with E-state index in [1.54, 1.807) is 49.5 Å². The van der Waals surface area contributed by atoms with Crippen LogP contribution in [0.1, 0.15) is 26.3 Å². The number of aryl methyl sites for hydroxylation is 1. The number of nitrogens with one attached hydrogen (secondary N) is 2. The first-order chi connectivity index (χ1) is 10.0. The molecule has 0 unspecified atom stereocenters. The summed E-state index contributed by atoms with van der Waals surface area (Å²) in [6, 6.07) is 12.0. The molecule has 2 aromatic carbocycles. The van der Waals surface area contributed by atoms with Crippen molar-refractivity contribution in [1.29, 1.82) is 0 Å². The average Bonchev–Trinajstić information content (AvgIpc) is 2.46. The molecule has 0 heterocycles. The molecule has 2 amide bonds. The molecule has 0 atom stereocenters. The van der Waals surface area contributed by atoms with Crippen molar-refractivity contribution in [3.8, 4) is 0 Å². The Morgan fingerprint density at radius 2 is 1.76 bits per heavy atom. The van der Waals surface area contributed by atoms with E-state index in [0.29, 0.717) is 22.5 Å². The maximum atomic E-state index is 12.3. The second-order valence-electron chi connectivity index (χ2n) is 4.71. The Hall–Kier alpha value is -2.82. The number of rotatable bonds is 3. The van der Waals surface area contributed by atoms with Gasteiger partial charge in [-0.15, -0.1) is 0 Å². The van der Waals surface area contributed by atoms with E-state index >= 15 is 0 Å². The van der Waals surface area contributed by atoms with Crippen LogP contribution in [0.4, 0.5) is 11.4 Å². The van der Waals surface area contributed by atoms with Gasteiger partial charge in [-0.25, -0.2) is 0 Å². The summed E-state index contributed by atoms with van der Waals surface area (Å²) in [7, 11) is 1.54. The Balaban J connectivity index is 2.30. The Labute approximate surface area is 123 Å². The quantitative estimate of drug-likeness (QED) is 0.755. The van der Waals surface area contributed by atoms with Gasteiger partial charge >= 0.3 is 0 Å². The summed E-state index contributed by atoms with van der Waals surface area (Å²) in [6.45, 7) is 1.87.